The van der Waals surface area contributed by atoms with E-state index in [1.165, 1.54) is 10.0 Å². The molecule has 0 spiro atoms. The second-order valence-corrected chi connectivity index (χ2v) is 8.20. The molecule has 0 atom stereocenters. The average Bonchev–Trinajstić information content (AvgIpc) is 3.11. The molecule has 0 fully saturated rings. The third-order valence-electron chi connectivity index (χ3n) is 4.31. The number of amides is 1. The number of hydrogen-bond donors (Lipinski definition) is 1. The van der Waals surface area contributed by atoms with Gasteiger partial charge in [0, 0.05) is 18.1 Å². The summed E-state index contributed by atoms with van der Waals surface area (Å²) in [5.74, 6) is 0. The lowest BCUT2D eigenvalue weighted by Gasteiger charge is -2.09. The van der Waals surface area contributed by atoms with Gasteiger partial charge in [-0.05, 0) is 43.2 Å². The van der Waals surface area contributed by atoms with Crippen LogP contribution in [0.3, 0.4) is 0 Å². The first-order chi connectivity index (χ1) is 13.4. The van der Waals surface area contributed by atoms with Gasteiger partial charge < -0.3 is 10.1 Å². The number of hydrogen-bond acceptors (Lipinski definition) is 4. The summed E-state index contributed by atoms with van der Waals surface area (Å²) in [6, 6.07) is 14.2. The van der Waals surface area contributed by atoms with E-state index in [9.17, 15) is 13.2 Å². The van der Waals surface area contributed by atoms with Crippen LogP contribution in [0.15, 0.2) is 72.3 Å². The first-order valence-electron chi connectivity index (χ1n) is 8.85. The summed E-state index contributed by atoms with van der Waals surface area (Å²) >= 11 is 0. The Bertz CT molecular complexity index is 1100. The quantitative estimate of drug-likeness (QED) is 0.617. The summed E-state index contributed by atoms with van der Waals surface area (Å²) in [5, 5.41) is 3.48. The van der Waals surface area contributed by atoms with Crippen LogP contribution in [0.1, 0.15) is 11.1 Å². The third-order valence-corrected chi connectivity index (χ3v) is 6.02. The van der Waals surface area contributed by atoms with Crippen molar-refractivity contribution in [2.45, 2.75) is 18.2 Å². The number of fused-ring (bicyclic) bond motifs is 1. The van der Waals surface area contributed by atoms with Gasteiger partial charge in [-0.2, -0.15) is 0 Å². The molecule has 0 saturated carbocycles. The Morgan fingerprint density at radius 2 is 1.93 bits per heavy atom. The smallest absolute Gasteiger partial charge is 0.407 e. The number of nitrogens with zero attached hydrogens (tertiary/aromatic N) is 1. The molecule has 0 aliphatic heterocycles. The summed E-state index contributed by atoms with van der Waals surface area (Å²) in [6.07, 6.45) is 3.10. The van der Waals surface area contributed by atoms with Gasteiger partial charge >= 0.3 is 6.09 Å². The van der Waals surface area contributed by atoms with E-state index in [-0.39, 0.29) is 11.5 Å². The number of nitrogens with one attached hydrogen (secondary N) is 1. The van der Waals surface area contributed by atoms with Crippen LogP contribution in [0.25, 0.3) is 10.9 Å². The van der Waals surface area contributed by atoms with Crippen LogP contribution < -0.4 is 5.32 Å². The zero-order valence-corrected chi connectivity index (χ0v) is 16.4. The lowest BCUT2D eigenvalue weighted by molar-refractivity contribution is 0.158. The molecule has 6 nitrogen and oxygen atoms in total. The van der Waals surface area contributed by atoms with E-state index in [4.69, 9.17) is 4.74 Å². The molecule has 146 valence electrons. The number of aryl methyl sites for hydroxylation is 1. The molecule has 7 heteroatoms. The molecule has 1 N–H and O–H groups in total. The van der Waals surface area contributed by atoms with Gasteiger partial charge in [0.05, 0.1) is 10.4 Å². The van der Waals surface area contributed by atoms with Crippen molar-refractivity contribution in [2.24, 2.45) is 0 Å². The Kier molecular flexibility index (Phi) is 5.84. The lowest BCUT2D eigenvalue weighted by Crippen LogP contribution is -2.26. The third kappa shape index (κ3) is 4.26. The van der Waals surface area contributed by atoms with Gasteiger partial charge in [-0.15, -0.1) is 0 Å². The van der Waals surface area contributed by atoms with E-state index in [2.05, 4.69) is 11.9 Å². The predicted octanol–water partition coefficient (Wildman–Crippen LogP) is 3.64. The maximum atomic E-state index is 13.0. The summed E-state index contributed by atoms with van der Waals surface area (Å²) < 4.78 is 32.2. The highest BCUT2D eigenvalue weighted by molar-refractivity contribution is 7.90. The van der Waals surface area contributed by atoms with Crippen LogP contribution in [0, 0.1) is 6.92 Å². The van der Waals surface area contributed by atoms with Gasteiger partial charge in [-0.25, -0.2) is 17.2 Å². The van der Waals surface area contributed by atoms with E-state index in [0.717, 1.165) is 16.5 Å². The maximum absolute atomic E-state index is 13.0. The van der Waals surface area contributed by atoms with Crippen LogP contribution in [-0.2, 0) is 21.2 Å². The normalized spacial score (nSPS) is 11.3. The van der Waals surface area contributed by atoms with Gasteiger partial charge in [-0.1, -0.05) is 42.5 Å². The van der Waals surface area contributed by atoms with Crippen molar-refractivity contribution in [3.63, 3.8) is 0 Å². The molecule has 3 rings (SSSR count). The second kappa shape index (κ2) is 8.31. The standard InChI is InChI=1S/C21H22N2O4S/c1-3-14-27-21(24)22-12-10-17-6-7-18-11-13-23(20(18)15-17)28(25,26)19-8-4-16(2)5-9-19/h3-9,11,13,15H,1,10,12,14H2,2H3,(H,22,24). The number of aromatic nitrogens is 1. The average molecular weight is 398 g/mol. The van der Waals surface area contributed by atoms with Crippen molar-refractivity contribution in [1.29, 1.82) is 0 Å². The zero-order chi connectivity index (χ0) is 20.1. The molecule has 1 heterocycles. The van der Waals surface area contributed by atoms with Crippen molar-refractivity contribution in [1.82, 2.24) is 9.29 Å². The van der Waals surface area contributed by atoms with E-state index in [1.807, 2.05) is 25.1 Å². The summed E-state index contributed by atoms with van der Waals surface area (Å²) in [4.78, 5) is 11.7. The van der Waals surface area contributed by atoms with Gasteiger partial charge in [0.1, 0.15) is 6.61 Å². The molecule has 0 radical (unpaired) electrons. The molecule has 3 aromatic rings. The number of carbonyl (C=O) groups is 1. The van der Waals surface area contributed by atoms with Gasteiger partial charge in [-0.3, -0.25) is 0 Å². The topological polar surface area (TPSA) is 77.4 Å². The van der Waals surface area contributed by atoms with Crippen molar-refractivity contribution in [3.8, 4) is 0 Å². The van der Waals surface area contributed by atoms with E-state index >= 15 is 0 Å². The molecule has 0 saturated heterocycles. The van der Waals surface area contributed by atoms with Crippen molar-refractivity contribution < 1.29 is 17.9 Å². The van der Waals surface area contributed by atoms with Crippen molar-refractivity contribution in [2.75, 3.05) is 13.2 Å². The highest BCUT2D eigenvalue weighted by atomic mass is 32.2. The Morgan fingerprint density at radius 1 is 1.18 bits per heavy atom. The fraction of sp³-hybridized carbons (Fsp3) is 0.190. The van der Waals surface area contributed by atoms with Crippen molar-refractivity contribution in [3.05, 3.63) is 78.5 Å². The van der Waals surface area contributed by atoms with Crippen LogP contribution in [-0.4, -0.2) is 31.6 Å². The SMILES string of the molecule is C=CCOC(=O)NCCc1ccc2ccn(S(=O)(=O)c3ccc(C)cc3)c2c1. The molecule has 2 aromatic carbocycles. The predicted molar refractivity (Wildman–Crippen MR) is 109 cm³/mol. The molecular formula is C21H22N2O4S. The number of alkyl carbamates (subject to hydrolysis) is 1. The first-order valence-corrected chi connectivity index (χ1v) is 10.3. The fourth-order valence-corrected chi connectivity index (χ4v) is 4.18. The minimum absolute atomic E-state index is 0.155. The van der Waals surface area contributed by atoms with E-state index < -0.39 is 16.1 Å². The second-order valence-electron chi connectivity index (χ2n) is 6.39. The van der Waals surface area contributed by atoms with Gasteiger partial charge in [0.2, 0.25) is 0 Å². The minimum atomic E-state index is -3.68. The zero-order valence-electron chi connectivity index (χ0n) is 15.6. The van der Waals surface area contributed by atoms with E-state index in [1.54, 1.807) is 36.5 Å². The Labute approximate surface area is 164 Å². The minimum Gasteiger partial charge on any atom is -0.445 e. The molecule has 1 aromatic heterocycles. The monoisotopic (exact) mass is 398 g/mol. The number of rotatable bonds is 7. The molecular weight excluding hydrogens is 376 g/mol. The summed E-state index contributed by atoms with van der Waals surface area (Å²) in [7, 11) is -3.68. The summed E-state index contributed by atoms with van der Waals surface area (Å²) in [6.45, 7) is 5.93. The van der Waals surface area contributed by atoms with Crippen LogP contribution in [0.2, 0.25) is 0 Å². The summed E-state index contributed by atoms with van der Waals surface area (Å²) in [5.41, 5.74) is 2.51. The number of carbonyl (C=O) groups excluding carboxylic acids is 1. The van der Waals surface area contributed by atoms with Crippen LogP contribution >= 0.6 is 0 Å². The molecule has 0 bridgehead atoms. The molecule has 0 aliphatic rings. The van der Waals surface area contributed by atoms with Crippen LogP contribution in [0.4, 0.5) is 4.79 Å². The lowest BCUT2D eigenvalue weighted by atomic mass is 10.1. The van der Waals surface area contributed by atoms with Gasteiger partial charge in [0.25, 0.3) is 10.0 Å². The molecule has 28 heavy (non-hydrogen) atoms. The first kappa shape index (κ1) is 19.7. The van der Waals surface area contributed by atoms with Crippen molar-refractivity contribution >= 4 is 27.0 Å². The van der Waals surface area contributed by atoms with Gasteiger partial charge in [0.15, 0.2) is 0 Å². The Hall–Kier alpha value is -3.06. The number of ether oxygens (including phenoxy) is 1. The highest BCUT2D eigenvalue weighted by Gasteiger charge is 2.18. The largest absolute Gasteiger partial charge is 0.445 e. The molecule has 0 aliphatic carbocycles. The maximum Gasteiger partial charge on any atom is 0.407 e. The van der Waals surface area contributed by atoms with Crippen LogP contribution in [0.5, 0.6) is 0 Å². The number of benzene rings is 2. The Morgan fingerprint density at radius 3 is 2.64 bits per heavy atom. The van der Waals surface area contributed by atoms with E-state index in [0.29, 0.717) is 18.5 Å². The highest BCUT2D eigenvalue weighted by Crippen LogP contribution is 2.23. The molecule has 0 unspecified atom stereocenters. The molecule has 1 amide bonds. The Balaban J connectivity index is 1.81. The fourth-order valence-electron chi connectivity index (χ4n) is 2.83.